The highest BCUT2D eigenvalue weighted by Gasteiger charge is 2.18. The van der Waals surface area contributed by atoms with Crippen LogP contribution in [0.15, 0.2) is 39.3 Å². The van der Waals surface area contributed by atoms with Gasteiger partial charge in [0.1, 0.15) is 36.0 Å². The number of esters is 1. The number of nitrogens with one attached hydrogen (secondary N) is 5. The first-order valence-electron chi connectivity index (χ1n) is 25.1. The number of alkyl halides is 1. The number of aromatic nitrogens is 8. The van der Waals surface area contributed by atoms with Crippen molar-refractivity contribution in [1.29, 1.82) is 42.1 Å². The van der Waals surface area contributed by atoms with Crippen molar-refractivity contribution in [3.05, 3.63) is 114 Å². The minimum atomic E-state index is -0.611. The van der Waals surface area contributed by atoms with Crippen LogP contribution in [0, 0.1) is 152 Å². The highest BCUT2D eigenvalue weighted by Crippen LogP contribution is 2.25. The first-order chi connectivity index (χ1) is 40.7. The lowest BCUT2D eigenvalue weighted by molar-refractivity contribution is -0.150. The Morgan fingerprint density at radius 3 is 1.30 bits per heavy atom. The highest BCUT2D eigenvalue weighted by atomic mass is 79.9. The minimum Gasteiger partial charge on any atom is -0.465 e. The smallest absolute Gasteiger partial charge is 0.316 e. The van der Waals surface area contributed by atoms with Crippen LogP contribution in [0.1, 0.15) is 119 Å². The van der Waals surface area contributed by atoms with E-state index in [1.807, 2.05) is 36.4 Å². The molecule has 0 aromatic carbocycles. The number of ether oxygens (including phenoxy) is 2. The van der Waals surface area contributed by atoms with Crippen LogP contribution in [0.25, 0.3) is 0 Å². The zero-order valence-corrected chi connectivity index (χ0v) is 54.8. The molecule has 0 bridgehead atoms. The van der Waals surface area contributed by atoms with Gasteiger partial charge in [-0.3, -0.25) is 28.8 Å². The maximum absolute atomic E-state index is 11.7. The number of thioether (sulfide) groups is 3. The molecule has 1 aliphatic heterocycles. The molecular formula is C55H64BrN17O8S5. The molecule has 25 nitrogen and oxygen atoms in total. The molecule has 454 valence electrons. The lowest BCUT2D eigenvalue weighted by Crippen LogP contribution is -2.20. The number of nitriles is 8. The van der Waals surface area contributed by atoms with Crippen molar-refractivity contribution < 1.29 is 19.1 Å². The molecule has 0 spiro atoms. The number of thiocarbonyl (C=S) groups is 1. The summed E-state index contributed by atoms with van der Waals surface area (Å²) in [6.07, 6.45) is 4.12. The number of carbonyl (C=O) groups is 2. The molecule has 6 heterocycles. The second-order valence-electron chi connectivity index (χ2n) is 17.0. The number of nitrogens with two attached hydrogens (primary N) is 1. The molecule has 1 unspecified atom stereocenters. The number of thiol groups is 1. The van der Waals surface area contributed by atoms with E-state index in [0.717, 1.165) is 13.2 Å². The number of nitrogens with zero attached hydrogens (tertiary/aromatic N) is 11. The van der Waals surface area contributed by atoms with Crippen molar-refractivity contribution in [3.63, 3.8) is 0 Å². The molecule has 1 saturated heterocycles. The van der Waals surface area contributed by atoms with Crippen molar-refractivity contribution in [2.75, 3.05) is 36.7 Å². The summed E-state index contributed by atoms with van der Waals surface area (Å²) in [6, 6.07) is 15.7. The molecule has 0 saturated carbocycles. The molecule has 7 N–H and O–H groups in total. The fourth-order valence-electron chi connectivity index (χ4n) is 5.81. The molecular weight excluding hydrogens is 1270 g/mol. The summed E-state index contributed by atoms with van der Waals surface area (Å²) in [6.45, 7) is 20.7. The summed E-state index contributed by atoms with van der Waals surface area (Å²) in [5.41, 5.74) is 11.0. The van der Waals surface area contributed by atoms with Crippen LogP contribution in [-0.2, 0) is 24.8 Å². The minimum absolute atomic E-state index is 0.154. The van der Waals surface area contributed by atoms with Crippen LogP contribution >= 0.6 is 76.1 Å². The SMILES string of the molecule is C1CCOCC1.CCOC(=O)C(C)C(C)=O.Cc1c(C#N)c(S)[nH]c(=O)c1C.Cc1c(C#N)c(SCC#N)[nH]c(=O)c1C.Cc1c(C#N)c(SCC#N)[nH]c(=O)c1C.Cc1c(C#N)c(SCc2nn[nH]n2)[nH]c(=O)c1C.N#CCBr.N#CCC(N)=S. The number of hydrogen-bond donors (Lipinski definition) is 7. The third-order valence-electron chi connectivity index (χ3n) is 11.3. The molecule has 31 heteroatoms. The number of H-pyrrole nitrogens is 5. The number of Topliss-reactive ketones (excluding diaryl/α,β-unsaturated/α-hetero) is 1. The van der Waals surface area contributed by atoms with Crippen LogP contribution in [-0.4, -0.2) is 94.0 Å². The number of tetrazole rings is 1. The van der Waals surface area contributed by atoms with E-state index in [1.165, 1.54) is 61.5 Å². The van der Waals surface area contributed by atoms with Gasteiger partial charge in [0.2, 0.25) is 0 Å². The Bertz CT molecular complexity index is 3580. The summed E-state index contributed by atoms with van der Waals surface area (Å²) in [5, 5.41) is 83.7. The molecule has 86 heavy (non-hydrogen) atoms. The van der Waals surface area contributed by atoms with E-state index < -0.39 is 11.9 Å². The van der Waals surface area contributed by atoms with E-state index in [2.05, 4.69) is 92.1 Å². The standard InChI is InChI=1S/C10H10N6OS.2C10H9N3OS.C8H8N2OS.C7H12O3.C5H10O.C3H4N2S.C2H2BrN/c1-5-6(2)9(17)12-10(7(5)3-11)18-4-8-13-15-16-14-8;2*1-6-7(2)9(14)13-10(8(6)5-12)15-4-3-11;1-4-5(2)7(11)10-8(12)6(4)3-9;1-4-10-7(9)5(2)6(3)8;1-2-4-6-5-3-1;4-2-1-3(5)6;3-1-2-4/h4H2,1-2H3,(H,12,17)(H,13,14,15,16);2*4H2,1-2H3,(H,13,14);1-2H3,(H2,10,11,12);5H,4H2,1-3H3;1-5H2;1H2,(H2,5,6);1H2. The number of hydrogen-bond acceptors (Lipinski definition) is 24. The molecule has 5 aromatic heterocycles. The molecule has 1 fully saturated rings. The van der Waals surface area contributed by atoms with Crippen molar-refractivity contribution in [2.24, 2.45) is 11.7 Å². The Morgan fingerprint density at radius 2 is 1.03 bits per heavy atom. The molecule has 0 aliphatic carbocycles. The van der Waals surface area contributed by atoms with Crippen molar-refractivity contribution >= 4 is 92.8 Å². The van der Waals surface area contributed by atoms with Crippen LogP contribution < -0.4 is 28.0 Å². The van der Waals surface area contributed by atoms with E-state index in [4.69, 9.17) is 52.6 Å². The molecule has 1 atom stereocenters. The van der Waals surface area contributed by atoms with E-state index in [1.54, 1.807) is 75.3 Å². The first-order valence-corrected chi connectivity index (χ1v) is 30.1. The van der Waals surface area contributed by atoms with Crippen molar-refractivity contribution in [1.82, 2.24) is 40.6 Å². The van der Waals surface area contributed by atoms with Gasteiger partial charge in [-0.1, -0.05) is 68.6 Å². The third-order valence-corrected chi connectivity index (χ3v) is 14.8. The van der Waals surface area contributed by atoms with Gasteiger partial charge >= 0.3 is 5.97 Å². The molecule has 0 amide bonds. The number of aromatic amines is 5. The zero-order valence-electron chi connectivity index (χ0n) is 49.1. The van der Waals surface area contributed by atoms with Gasteiger partial charge in [0, 0.05) is 35.5 Å². The fraction of sp³-hybridized carbons (Fsp3) is 0.418. The summed E-state index contributed by atoms with van der Waals surface area (Å²) < 4.78 is 9.67. The second-order valence-corrected chi connectivity index (χ2v) is 21.4. The largest absolute Gasteiger partial charge is 0.465 e. The molecule has 1 aliphatic rings. The molecule has 6 rings (SSSR count). The first kappa shape index (κ1) is 79.7. The third kappa shape index (κ3) is 29.0. The van der Waals surface area contributed by atoms with Gasteiger partial charge in [0.25, 0.3) is 22.2 Å². The number of ketones is 1. The van der Waals surface area contributed by atoms with Gasteiger partial charge in [0.15, 0.2) is 5.82 Å². The normalized spacial score (nSPS) is 10.5. The Morgan fingerprint density at radius 1 is 0.651 bits per heavy atom. The van der Waals surface area contributed by atoms with Gasteiger partial charge in [0.05, 0.1) is 107 Å². The Kier molecular flexibility index (Phi) is 41.8. The van der Waals surface area contributed by atoms with Gasteiger partial charge in [-0.05, 0) is 118 Å². The predicted molar refractivity (Wildman–Crippen MR) is 336 cm³/mol. The second kappa shape index (κ2) is 45.1. The summed E-state index contributed by atoms with van der Waals surface area (Å²) in [4.78, 5) is 77.6. The van der Waals surface area contributed by atoms with Gasteiger partial charge in [-0.2, -0.15) is 47.3 Å². The lowest BCUT2D eigenvalue weighted by Gasteiger charge is -2.08. The average molecular weight is 1330 g/mol. The summed E-state index contributed by atoms with van der Waals surface area (Å²) in [5.74, 6) is 0.181. The van der Waals surface area contributed by atoms with E-state index in [0.29, 0.717) is 110 Å². The van der Waals surface area contributed by atoms with Crippen LogP contribution in [0.2, 0.25) is 0 Å². The van der Waals surface area contributed by atoms with Crippen molar-refractivity contribution in [2.45, 2.75) is 128 Å². The van der Waals surface area contributed by atoms with E-state index in [-0.39, 0.29) is 50.9 Å². The Balaban J connectivity index is 0. The molecule has 0 radical (unpaired) electrons. The topological polar surface area (TPSA) is 455 Å². The number of rotatable bonds is 11. The molecule has 5 aromatic rings. The summed E-state index contributed by atoms with van der Waals surface area (Å²) in [7, 11) is 0. The van der Waals surface area contributed by atoms with Crippen LogP contribution in [0.5, 0.6) is 0 Å². The highest BCUT2D eigenvalue weighted by molar-refractivity contribution is 9.09. The average Bonchev–Trinajstić information content (AvgIpc) is 2.17. The van der Waals surface area contributed by atoms with Gasteiger partial charge < -0.3 is 35.1 Å². The zero-order chi connectivity index (χ0) is 66.1. The van der Waals surface area contributed by atoms with Crippen LogP contribution in [0.3, 0.4) is 0 Å². The number of halogens is 1. The maximum Gasteiger partial charge on any atom is 0.316 e. The van der Waals surface area contributed by atoms with E-state index >= 15 is 0 Å². The number of carbonyl (C=O) groups excluding carboxylic acids is 2. The van der Waals surface area contributed by atoms with Gasteiger partial charge in [-0.25, -0.2) is 0 Å². The Hall–Kier alpha value is -8.34. The monoisotopic (exact) mass is 1330 g/mol. The van der Waals surface area contributed by atoms with Crippen molar-refractivity contribution in [3.8, 4) is 48.6 Å². The van der Waals surface area contributed by atoms with E-state index in [9.17, 15) is 28.8 Å². The lowest BCUT2D eigenvalue weighted by atomic mass is 10.1. The fourth-order valence-corrected chi connectivity index (χ4v) is 8.54. The predicted octanol–water partition coefficient (Wildman–Crippen LogP) is 7.83. The Labute approximate surface area is 529 Å². The summed E-state index contributed by atoms with van der Waals surface area (Å²) >= 11 is 14.9. The van der Waals surface area contributed by atoms with Gasteiger partial charge in [-0.15, -0.1) is 22.8 Å². The maximum atomic E-state index is 11.7. The van der Waals surface area contributed by atoms with Crippen LogP contribution in [0.4, 0.5) is 0 Å². The number of pyridine rings is 4. The quantitative estimate of drug-likeness (QED) is 0.0165.